The van der Waals surface area contributed by atoms with Crippen LogP contribution in [0.4, 0.5) is 14.5 Å². The maximum Gasteiger partial charge on any atom is 0.357 e. The number of hydrogen-bond acceptors (Lipinski definition) is 6. The third-order valence-electron chi connectivity index (χ3n) is 3.46. The first-order chi connectivity index (χ1) is 11.4. The molecular formula is C16H16F2N2O3S. The van der Waals surface area contributed by atoms with Crippen LogP contribution in [0.2, 0.25) is 0 Å². The highest BCUT2D eigenvalue weighted by molar-refractivity contribution is 7.98. The summed E-state index contributed by atoms with van der Waals surface area (Å²) in [5, 5.41) is 0. The molecule has 8 heteroatoms. The summed E-state index contributed by atoms with van der Waals surface area (Å²) in [6, 6.07) is 2.92. The summed E-state index contributed by atoms with van der Waals surface area (Å²) in [6.45, 7) is 1.65. The van der Waals surface area contributed by atoms with Crippen molar-refractivity contribution in [3.8, 4) is 17.0 Å². The first-order valence-corrected chi connectivity index (χ1v) is 8.04. The minimum atomic E-state index is -0.906. The molecule has 0 saturated carbocycles. The molecule has 0 aliphatic carbocycles. The lowest BCUT2D eigenvalue weighted by Crippen LogP contribution is -2.12. The zero-order chi connectivity index (χ0) is 18.0. The summed E-state index contributed by atoms with van der Waals surface area (Å²) >= 11 is 1.05. The van der Waals surface area contributed by atoms with Gasteiger partial charge in [-0.1, -0.05) is 6.07 Å². The van der Waals surface area contributed by atoms with Gasteiger partial charge in [-0.05, 0) is 24.8 Å². The van der Waals surface area contributed by atoms with Crippen molar-refractivity contribution < 1.29 is 23.0 Å². The lowest BCUT2D eigenvalue weighted by Gasteiger charge is -2.15. The zero-order valence-electron chi connectivity index (χ0n) is 13.6. The van der Waals surface area contributed by atoms with E-state index < -0.39 is 17.6 Å². The fourth-order valence-electron chi connectivity index (χ4n) is 2.27. The van der Waals surface area contributed by atoms with E-state index in [1.807, 2.05) is 0 Å². The molecule has 2 N–H and O–H groups in total. The van der Waals surface area contributed by atoms with Crippen LogP contribution in [0, 0.1) is 18.6 Å². The third-order valence-corrected chi connectivity index (χ3v) is 4.29. The number of nitrogens with two attached hydrogens (primary N) is 1. The Morgan fingerprint density at radius 3 is 2.46 bits per heavy atom. The van der Waals surface area contributed by atoms with E-state index in [2.05, 4.69) is 9.72 Å². The highest BCUT2D eigenvalue weighted by atomic mass is 32.2. The molecule has 0 amide bonds. The van der Waals surface area contributed by atoms with Gasteiger partial charge >= 0.3 is 5.97 Å². The standard InChI is InChI=1S/C16H16F2N2O3S/c1-7-5-6-8(9(17)14(7)22-2)12-10(18)11(19)15(24-4)13(20-12)16(21)23-3/h5-6H,1-4H3,(H2,19,20). The number of halogens is 2. The van der Waals surface area contributed by atoms with Crippen molar-refractivity contribution in [1.29, 1.82) is 0 Å². The van der Waals surface area contributed by atoms with Gasteiger partial charge in [0.25, 0.3) is 0 Å². The van der Waals surface area contributed by atoms with E-state index >= 15 is 0 Å². The number of pyridine rings is 1. The first kappa shape index (κ1) is 18.0. The van der Waals surface area contributed by atoms with Gasteiger partial charge in [-0.3, -0.25) is 0 Å². The maximum absolute atomic E-state index is 14.6. The highest BCUT2D eigenvalue weighted by Crippen LogP contribution is 2.37. The van der Waals surface area contributed by atoms with Crippen LogP contribution >= 0.6 is 11.8 Å². The van der Waals surface area contributed by atoms with E-state index in [-0.39, 0.29) is 33.3 Å². The van der Waals surface area contributed by atoms with Crippen LogP contribution in [0.5, 0.6) is 5.75 Å². The van der Waals surface area contributed by atoms with Gasteiger partial charge < -0.3 is 15.2 Å². The van der Waals surface area contributed by atoms with Gasteiger partial charge in [0.1, 0.15) is 5.69 Å². The van der Waals surface area contributed by atoms with Crippen molar-refractivity contribution in [2.45, 2.75) is 11.8 Å². The number of carbonyl (C=O) groups is 1. The number of anilines is 1. The summed E-state index contributed by atoms with van der Waals surface area (Å²) < 4.78 is 38.9. The second-order valence-corrected chi connectivity index (χ2v) is 5.66. The largest absolute Gasteiger partial charge is 0.493 e. The average molecular weight is 354 g/mol. The fourth-order valence-corrected chi connectivity index (χ4v) is 2.90. The Balaban J connectivity index is 2.81. The van der Waals surface area contributed by atoms with Crippen LogP contribution in [-0.2, 0) is 4.74 Å². The molecule has 1 aromatic carbocycles. The normalized spacial score (nSPS) is 10.6. The van der Waals surface area contributed by atoms with Crippen LogP contribution in [0.15, 0.2) is 17.0 Å². The van der Waals surface area contributed by atoms with E-state index in [1.165, 1.54) is 20.3 Å². The van der Waals surface area contributed by atoms with E-state index in [9.17, 15) is 13.6 Å². The minimum absolute atomic E-state index is 0.0270. The van der Waals surface area contributed by atoms with Crippen molar-refractivity contribution in [1.82, 2.24) is 4.98 Å². The number of methoxy groups -OCH3 is 2. The molecule has 1 aromatic heterocycles. The lowest BCUT2D eigenvalue weighted by atomic mass is 10.1. The maximum atomic E-state index is 14.6. The number of esters is 1. The summed E-state index contributed by atoms with van der Waals surface area (Å²) in [5.41, 5.74) is 5.34. The number of hydrogen-bond donors (Lipinski definition) is 1. The molecule has 0 radical (unpaired) electrons. The molecule has 2 aromatic rings. The van der Waals surface area contributed by atoms with Crippen molar-refractivity contribution in [2.75, 3.05) is 26.2 Å². The number of ether oxygens (including phenoxy) is 2. The van der Waals surface area contributed by atoms with Crippen molar-refractivity contribution in [3.05, 3.63) is 35.0 Å². The second-order valence-electron chi connectivity index (χ2n) is 4.84. The molecule has 0 fully saturated rings. The molecule has 0 aliphatic rings. The monoisotopic (exact) mass is 354 g/mol. The van der Waals surface area contributed by atoms with Crippen LogP contribution < -0.4 is 10.5 Å². The van der Waals surface area contributed by atoms with Crippen molar-refractivity contribution in [2.24, 2.45) is 0 Å². The summed E-state index contributed by atoms with van der Waals surface area (Å²) in [5.74, 6) is -2.50. The molecule has 2 rings (SSSR count). The molecule has 5 nitrogen and oxygen atoms in total. The minimum Gasteiger partial charge on any atom is -0.493 e. The molecule has 0 saturated heterocycles. The molecule has 128 valence electrons. The predicted octanol–water partition coefficient (Wildman–Crippen LogP) is 3.43. The van der Waals surface area contributed by atoms with Gasteiger partial charge in [-0.2, -0.15) is 0 Å². The number of thioether (sulfide) groups is 1. The molecule has 24 heavy (non-hydrogen) atoms. The van der Waals surface area contributed by atoms with Gasteiger partial charge in [0.15, 0.2) is 23.1 Å². The summed E-state index contributed by atoms with van der Waals surface area (Å²) in [7, 11) is 2.48. The summed E-state index contributed by atoms with van der Waals surface area (Å²) in [6.07, 6.45) is 1.62. The molecule has 0 aliphatic heterocycles. The van der Waals surface area contributed by atoms with E-state index in [1.54, 1.807) is 19.2 Å². The Kier molecular flexibility index (Phi) is 5.28. The summed E-state index contributed by atoms with van der Waals surface area (Å²) in [4.78, 5) is 16.0. The smallest absolute Gasteiger partial charge is 0.357 e. The van der Waals surface area contributed by atoms with Crippen LogP contribution in [0.3, 0.4) is 0 Å². The third kappa shape index (κ3) is 2.89. The van der Waals surface area contributed by atoms with Crippen LogP contribution in [0.25, 0.3) is 11.3 Å². The van der Waals surface area contributed by atoms with E-state index in [0.717, 1.165) is 11.8 Å². The Hall–Kier alpha value is -2.35. The Bertz CT molecular complexity index is 813. The predicted molar refractivity (Wildman–Crippen MR) is 88.4 cm³/mol. The number of aromatic nitrogens is 1. The Morgan fingerprint density at radius 1 is 1.25 bits per heavy atom. The number of nitrogen functional groups attached to an aromatic ring is 1. The lowest BCUT2D eigenvalue weighted by molar-refractivity contribution is 0.0590. The number of carbonyl (C=O) groups excluding carboxylic acids is 1. The number of rotatable bonds is 4. The Labute approximate surface area is 142 Å². The van der Waals surface area contributed by atoms with Gasteiger partial charge in [-0.25, -0.2) is 18.6 Å². The SMILES string of the molecule is COC(=O)c1nc(-c2ccc(C)c(OC)c2F)c(F)c(N)c1SC. The van der Waals surface area contributed by atoms with Gasteiger partial charge in [-0.15, -0.1) is 11.8 Å². The molecular weight excluding hydrogens is 338 g/mol. The quantitative estimate of drug-likeness (QED) is 0.670. The zero-order valence-corrected chi connectivity index (χ0v) is 14.4. The van der Waals surface area contributed by atoms with Crippen LogP contribution in [0.1, 0.15) is 16.1 Å². The molecule has 0 unspecified atom stereocenters. The van der Waals surface area contributed by atoms with E-state index in [0.29, 0.717) is 5.56 Å². The first-order valence-electron chi connectivity index (χ1n) is 6.82. The Morgan fingerprint density at radius 2 is 1.92 bits per heavy atom. The van der Waals surface area contributed by atoms with Gasteiger partial charge in [0.2, 0.25) is 0 Å². The number of benzene rings is 1. The highest BCUT2D eigenvalue weighted by Gasteiger charge is 2.26. The molecule has 0 spiro atoms. The van der Waals surface area contributed by atoms with Crippen molar-refractivity contribution in [3.63, 3.8) is 0 Å². The van der Waals surface area contributed by atoms with E-state index in [4.69, 9.17) is 10.5 Å². The number of aryl methyl sites for hydroxylation is 1. The van der Waals surface area contributed by atoms with Crippen molar-refractivity contribution >= 4 is 23.4 Å². The topological polar surface area (TPSA) is 74.4 Å². The van der Waals surface area contributed by atoms with Gasteiger partial charge in [0, 0.05) is 5.56 Å². The van der Waals surface area contributed by atoms with Gasteiger partial charge in [0.05, 0.1) is 24.8 Å². The molecule has 1 heterocycles. The fraction of sp³-hybridized carbons (Fsp3) is 0.250. The average Bonchev–Trinajstić information content (AvgIpc) is 2.57. The molecule has 0 atom stereocenters. The van der Waals surface area contributed by atoms with Crippen LogP contribution in [-0.4, -0.2) is 31.4 Å². The molecule has 0 bridgehead atoms. The number of nitrogens with zero attached hydrogens (tertiary/aromatic N) is 1. The second kappa shape index (κ2) is 7.04.